The maximum Gasteiger partial charge on any atom is 0.337 e. The summed E-state index contributed by atoms with van der Waals surface area (Å²) < 4.78 is 1.39. The first kappa shape index (κ1) is 13.0. The Morgan fingerprint density at radius 2 is 1.90 bits per heavy atom. The molecule has 0 radical (unpaired) electrons. The Labute approximate surface area is 119 Å². The van der Waals surface area contributed by atoms with Crippen LogP contribution in [0.25, 0.3) is 16.9 Å². The molecule has 0 fully saturated rings. The van der Waals surface area contributed by atoms with Crippen molar-refractivity contribution in [1.82, 2.24) is 9.38 Å². The summed E-state index contributed by atoms with van der Waals surface area (Å²) in [4.78, 5) is 26.5. The van der Waals surface area contributed by atoms with Crippen molar-refractivity contribution in [3.05, 3.63) is 58.6 Å². The van der Waals surface area contributed by atoms with E-state index in [4.69, 9.17) is 5.11 Å². The average Bonchev–Trinajstić information content (AvgIpc) is 2.85. The summed E-state index contributed by atoms with van der Waals surface area (Å²) in [5.41, 5.74) is 2.84. The van der Waals surface area contributed by atoms with Gasteiger partial charge in [-0.3, -0.25) is 4.40 Å². The van der Waals surface area contributed by atoms with Gasteiger partial charge in [-0.2, -0.15) is 0 Å². The van der Waals surface area contributed by atoms with Gasteiger partial charge in [0.15, 0.2) is 0 Å². The van der Waals surface area contributed by atoms with Crippen LogP contribution in [0.4, 0.5) is 5.82 Å². The summed E-state index contributed by atoms with van der Waals surface area (Å²) in [6, 6.07) is 10.5. The fourth-order valence-corrected chi connectivity index (χ4v) is 2.15. The van der Waals surface area contributed by atoms with Gasteiger partial charge in [-0.05, 0) is 24.2 Å². The monoisotopic (exact) mass is 281 g/mol. The van der Waals surface area contributed by atoms with Crippen LogP contribution >= 0.6 is 0 Å². The second-order valence-electron chi connectivity index (χ2n) is 4.69. The zero-order valence-electron chi connectivity index (χ0n) is 11.1. The number of nitroso groups, excluding NO2 is 1. The number of nitrogens with zero attached hydrogens (tertiary/aromatic N) is 3. The van der Waals surface area contributed by atoms with Crippen LogP contribution in [-0.2, 0) is 0 Å². The molecule has 0 bridgehead atoms. The minimum atomic E-state index is -1.07. The van der Waals surface area contributed by atoms with Crippen molar-refractivity contribution in [3.63, 3.8) is 0 Å². The van der Waals surface area contributed by atoms with E-state index in [9.17, 15) is 9.70 Å². The van der Waals surface area contributed by atoms with Crippen molar-refractivity contribution >= 4 is 17.4 Å². The third-order valence-electron chi connectivity index (χ3n) is 3.25. The highest BCUT2D eigenvalue weighted by molar-refractivity contribution is 5.88. The molecular weight excluding hydrogens is 270 g/mol. The predicted octanol–water partition coefficient (Wildman–Crippen LogP) is 3.41. The second kappa shape index (κ2) is 4.82. The van der Waals surface area contributed by atoms with Crippen molar-refractivity contribution in [2.24, 2.45) is 5.18 Å². The highest BCUT2D eigenvalue weighted by Crippen LogP contribution is 2.31. The lowest BCUT2D eigenvalue weighted by atomic mass is 10.1. The lowest BCUT2D eigenvalue weighted by molar-refractivity contribution is 0.0696. The maximum atomic E-state index is 11.2. The lowest BCUT2D eigenvalue weighted by Crippen LogP contribution is -1.98. The largest absolute Gasteiger partial charge is 0.478 e. The number of benzene rings is 1. The molecule has 0 aliphatic rings. The van der Waals surface area contributed by atoms with Crippen LogP contribution in [0, 0.1) is 11.8 Å². The molecule has 0 amide bonds. The van der Waals surface area contributed by atoms with E-state index in [1.807, 2.05) is 31.2 Å². The molecule has 3 aromatic rings. The van der Waals surface area contributed by atoms with Gasteiger partial charge in [0, 0.05) is 11.8 Å². The van der Waals surface area contributed by atoms with Gasteiger partial charge in [0.1, 0.15) is 11.3 Å². The van der Waals surface area contributed by atoms with Gasteiger partial charge in [0.25, 0.3) is 0 Å². The standard InChI is InChI=1S/C15H11N3O3/c1-9-2-4-10(5-3-9)13-14(17-21)18-8-11(15(19)20)6-7-12(18)16-13/h2-8H,1H3,(H,19,20). The number of carboxylic acid groups (broad SMARTS) is 1. The molecule has 2 aromatic heterocycles. The molecule has 3 rings (SSSR count). The van der Waals surface area contributed by atoms with Crippen molar-refractivity contribution in [2.75, 3.05) is 0 Å². The first-order valence-corrected chi connectivity index (χ1v) is 6.26. The summed E-state index contributed by atoms with van der Waals surface area (Å²) in [6.07, 6.45) is 1.35. The fourth-order valence-electron chi connectivity index (χ4n) is 2.15. The number of carboxylic acids is 1. The van der Waals surface area contributed by atoms with E-state index in [1.54, 1.807) is 6.07 Å². The molecule has 6 nitrogen and oxygen atoms in total. The number of fused-ring (bicyclic) bond motifs is 1. The molecule has 1 aromatic carbocycles. The number of aromatic carboxylic acids is 1. The summed E-state index contributed by atoms with van der Waals surface area (Å²) in [7, 11) is 0. The Kier molecular flexibility index (Phi) is 2.98. The number of hydrogen-bond acceptors (Lipinski definition) is 4. The van der Waals surface area contributed by atoms with Crippen molar-refractivity contribution in [3.8, 4) is 11.3 Å². The topological polar surface area (TPSA) is 84.0 Å². The van der Waals surface area contributed by atoms with Gasteiger partial charge >= 0.3 is 5.97 Å². The molecule has 2 heterocycles. The number of aryl methyl sites for hydroxylation is 1. The van der Waals surface area contributed by atoms with E-state index in [0.29, 0.717) is 11.3 Å². The Hall–Kier alpha value is -3.02. The summed E-state index contributed by atoms with van der Waals surface area (Å²) in [5, 5.41) is 12.0. The van der Waals surface area contributed by atoms with Gasteiger partial charge in [-0.15, -0.1) is 4.91 Å². The third kappa shape index (κ3) is 2.16. The minimum absolute atomic E-state index is 0.0697. The molecule has 0 saturated heterocycles. The normalized spacial score (nSPS) is 10.7. The molecular formula is C15H11N3O3. The van der Waals surface area contributed by atoms with E-state index >= 15 is 0 Å². The molecule has 104 valence electrons. The molecule has 0 aliphatic carbocycles. The van der Waals surface area contributed by atoms with E-state index < -0.39 is 5.97 Å². The average molecular weight is 281 g/mol. The number of hydrogen-bond donors (Lipinski definition) is 1. The summed E-state index contributed by atoms with van der Waals surface area (Å²) >= 11 is 0. The molecule has 0 saturated carbocycles. The van der Waals surface area contributed by atoms with E-state index in [0.717, 1.165) is 11.1 Å². The molecule has 0 atom stereocenters. The van der Waals surface area contributed by atoms with Gasteiger partial charge in [0.2, 0.25) is 5.82 Å². The smallest absolute Gasteiger partial charge is 0.337 e. The Balaban J connectivity index is 2.26. The second-order valence-corrected chi connectivity index (χ2v) is 4.69. The Morgan fingerprint density at radius 3 is 2.52 bits per heavy atom. The maximum absolute atomic E-state index is 11.2. The number of carbonyl (C=O) groups is 1. The first-order valence-electron chi connectivity index (χ1n) is 6.26. The van der Waals surface area contributed by atoms with Crippen LogP contribution in [0.15, 0.2) is 47.8 Å². The van der Waals surface area contributed by atoms with E-state index in [1.165, 1.54) is 16.7 Å². The van der Waals surface area contributed by atoms with Crippen LogP contribution in [0.5, 0.6) is 0 Å². The van der Waals surface area contributed by atoms with Crippen LogP contribution in [0.1, 0.15) is 15.9 Å². The number of imidazole rings is 1. The molecule has 0 unspecified atom stereocenters. The molecule has 0 spiro atoms. The summed E-state index contributed by atoms with van der Waals surface area (Å²) in [5.74, 6) is -0.976. The number of rotatable bonds is 3. The molecule has 21 heavy (non-hydrogen) atoms. The van der Waals surface area contributed by atoms with Crippen LogP contribution in [0.2, 0.25) is 0 Å². The van der Waals surface area contributed by atoms with Crippen LogP contribution in [0.3, 0.4) is 0 Å². The van der Waals surface area contributed by atoms with E-state index in [2.05, 4.69) is 10.2 Å². The molecule has 0 aliphatic heterocycles. The van der Waals surface area contributed by atoms with E-state index in [-0.39, 0.29) is 11.4 Å². The zero-order valence-corrected chi connectivity index (χ0v) is 11.1. The highest BCUT2D eigenvalue weighted by atomic mass is 16.4. The van der Waals surface area contributed by atoms with Gasteiger partial charge < -0.3 is 5.11 Å². The van der Waals surface area contributed by atoms with Gasteiger partial charge in [-0.25, -0.2) is 9.78 Å². The van der Waals surface area contributed by atoms with Gasteiger partial charge in [-0.1, -0.05) is 29.8 Å². The third-order valence-corrected chi connectivity index (χ3v) is 3.25. The molecule has 6 heteroatoms. The fraction of sp³-hybridized carbons (Fsp3) is 0.0667. The number of aromatic nitrogens is 2. The van der Waals surface area contributed by atoms with Crippen molar-refractivity contribution in [1.29, 1.82) is 0 Å². The zero-order chi connectivity index (χ0) is 15.0. The quantitative estimate of drug-likeness (QED) is 0.745. The van der Waals surface area contributed by atoms with Crippen LogP contribution in [-0.4, -0.2) is 20.5 Å². The van der Waals surface area contributed by atoms with Crippen molar-refractivity contribution in [2.45, 2.75) is 6.92 Å². The predicted molar refractivity (Wildman–Crippen MR) is 77.8 cm³/mol. The van der Waals surface area contributed by atoms with Crippen LogP contribution < -0.4 is 0 Å². The Morgan fingerprint density at radius 1 is 1.19 bits per heavy atom. The lowest BCUT2D eigenvalue weighted by Gasteiger charge is -1.99. The van der Waals surface area contributed by atoms with Crippen molar-refractivity contribution < 1.29 is 9.90 Å². The Bertz CT molecular complexity index is 850. The highest BCUT2D eigenvalue weighted by Gasteiger charge is 2.16. The minimum Gasteiger partial charge on any atom is -0.478 e. The first-order chi connectivity index (χ1) is 10.1. The number of pyridine rings is 1. The molecule has 1 N–H and O–H groups in total. The van der Waals surface area contributed by atoms with Gasteiger partial charge in [0.05, 0.1) is 5.56 Å². The summed E-state index contributed by atoms with van der Waals surface area (Å²) in [6.45, 7) is 1.96. The SMILES string of the molecule is Cc1ccc(-c2nc3ccc(C(=O)O)cn3c2N=O)cc1.